The summed E-state index contributed by atoms with van der Waals surface area (Å²) >= 11 is 0. The van der Waals surface area contributed by atoms with Crippen molar-refractivity contribution < 1.29 is 19.0 Å². The molecule has 3 fully saturated rings. The highest BCUT2D eigenvalue weighted by molar-refractivity contribution is 5.97. The van der Waals surface area contributed by atoms with Crippen LogP contribution in [0.2, 0.25) is 0 Å². The van der Waals surface area contributed by atoms with Crippen molar-refractivity contribution in [1.82, 2.24) is 9.80 Å². The van der Waals surface area contributed by atoms with Crippen molar-refractivity contribution in [3.8, 4) is 11.5 Å². The fourth-order valence-electron chi connectivity index (χ4n) is 5.27. The van der Waals surface area contributed by atoms with E-state index in [2.05, 4.69) is 4.90 Å². The Morgan fingerprint density at radius 1 is 1.03 bits per heavy atom. The molecule has 0 unspecified atom stereocenters. The number of hydrogen-bond acceptors (Lipinski definition) is 5. The largest absolute Gasteiger partial charge is 0.497 e. The second-order valence-corrected chi connectivity index (χ2v) is 9.01. The minimum absolute atomic E-state index is 0.0332. The predicted octanol–water partition coefficient (Wildman–Crippen LogP) is 3.59. The van der Waals surface area contributed by atoms with E-state index < -0.39 is 0 Å². The number of piperidine rings is 1. The molecular weight excluding hydrogens is 380 g/mol. The zero-order valence-electron chi connectivity index (χ0n) is 18.5. The van der Waals surface area contributed by atoms with E-state index in [0.717, 1.165) is 51.5 Å². The molecular formula is C24H36N2O4. The molecule has 2 saturated heterocycles. The first-order valence-electron chi connectivity index (χ1n) is 11.5. The Labute approximate surface area is 180 Å². The molecule has 1 aliphatic carbocycles. The minimum Gasteiger partial charge on any atom is -0.497 e. The molecule has 0 N–H and O–H groups in total. The van der Waals surface area contributed by atoms with E-state index >= 15 is 0 Å². The molecule has 0 spiro atoms. The number of hydrogen-bond donors (Lipinski definition) is 0. The summed E-state index contributed by atoms with van der Waals surface area (Å²) in [5.74, 6) is 1.82. The summed E-state index contributed by atoms with van der Waals surface area (Å²) in [4.78, 5) is 17.9. The van der Waals surface area contributed by atoms with Crippen molar-refractivity contribution in [2.24, 2.45) is 5.92 Å². The van der Waals surface area contributed by atoms with Crippen LogP contribution in [0.1, 0.15) is 55.3 Å². The zero-order valence-corrected chi connectivity index (χ0v) is 18.5. The summed E-state index contributed by atoms with van der Waals surface area (Å²) in [7, 11) is 3.35. The minimum atomic E-state index is 0.0332. The lowest BCUT2D eigenvalue weighted by atomic mass is 10.0. The Balaban J connectivity index is 1.41. The second-order valence-electron chi connectivity index (χ2n) is 9.01. The third kappa shape index (κ3) is 4.92. The van der Waals surface area contributed by atoms with Gasteiger partial charge in [0.2, 0.25) is 0 Å². The van der Waals surface area contributed by atoms with E-state index in [1.54, 1.807) is 14.2 Å². The first-order chi connectivity index (χ1) is 14.7. The molecule has 166 valence electrons. The summed E-state index contributed by atoms with van der Waals surface area (Å²) in [6.45, 7) is 4.40. The second kappa shape index (κ2) is 10.0. The van der Waals surface area contributed by atoms with E-state index in [-0.39, 0.29) is 12.0 Å². The van der Waals surface area contributed by atoms with Gasteiger partial charge in [-0.1, -0.05) is 12.8 Å². The number of likely N-dealkylation sites (tertiary alicyclic amines) is 2. The molecule has 0 radical (unpaired) electrons. The first kappa shape index (κ1) is 21.4. The van der Waals surface area contributed by atoms with Crippen LogP contribution in [-0.2, 0) is 4.74 Å². The molecule has 1 saturated carbocycles. The summed E-state index contributed by atoms with van der Waals surface area (Å²) < 4.78 is 17.1. The first-order valence-corrected chi connectivity index (χ1v) is 11.5. The van der Waals surface area contributed by atoms with Crippen LogP contribution in [0.15, 0.2) is 18.2 Å². The van der Waals surface area contributed by atoms with Gasteiger partial charge in [-0.25, -0.2) is 0 Å². The van der Waals surface area contributed by atoms with Gasteiger partial charge in [0.05, 0.1) is 19.3 Å². The fraction of sp³-hybridized carbons (Fsp3) is 0.708. The maximum absolute atomic E-state index is 13.3. The molecule has 2 heterocycles. The lowest BCUT2D eigenvalue weighted by Gasteiger charge is -2.36. The maximum Gasteiger partial charge on any atom is 0.257 e. The topological polar surface area (TPSA) is 51.2 Å². The van der Waals surface area contributed by atoms with Crippen molar-refractivity contribution in [3.63, 3.8) is 0 Å². The van der Waals surface area contributed by atoms with Crippen LogP contribution in [0.3, 0.4) is 0 Å². The van der Waals surface area contributed by atoms with E-state index in [4.69, 9.17) is 14.2 Å². The number of rotatable bonds is 7. The predicted molar refractivity (Wildman–Crippen MR) is 116 cm³/mol. The number of ether oxygens (including phenoxy) is 3. The van der Waals surface area contributed by atoms with Gasteiger partial charge in [0.1, 0.15) is 17.6 Å². The van der Waals surface area contributed by atoms with Crippen LogP contribution in [-0.4, -0.2) is 74.9 Å². The molecule has 1 aromatic rings. The van der Waals surface area contributed by atoms with Crippen molar-refractivity contribution in [1.29, 1.82) is 0 Å². The van der Waals surface area contributed by atoms with Crippen LogP contribution in [0.25, 0.3) is 0 Å². The molecule has 4 rings (SSSR count). The van der Waals surface area contributed by atoms with E-state index in [0.29, 0.717) is 29.6 Å². The molecule has 0 aromatic heterocycles. The van der Waals surface area contributed by atoms with E-state index in [1.807, 2.05) is 23.1 Å². The van der Waals surface area contributed by atoms with Gasteiger partial charge in [0.15, 0.2) is 0 Å². The van der Waals surface area contributed by atoms with Gasteiger partial charge in [-0.3, -0.25) is 4.79 Å². The van der Waals surface area contributed by atoms with Gasteiger partial charge in [0, 0.05) is 45.2 Å². The van der Waals surface area contributed by atoms with Crippen molar-refractivity contribution >= 4 is 5.91 Å². The highest BCUT2D eigenvalue weighted by atomic mass is 16.5. The molecule has 3 aliphatic rings. The third-order valence-electron chi connectivity index (χ3n) is 7.00. The number of carbonyl (C=O) groups is 1. The molecule has 6 heteroatoms. The number of amides is 1. The van der Waals surface area contributed by atoms with Gasteiger partial charge in [-0.05, 0) is 50.3 Å². The van der Waals surface area contributed by atoms with Crippen LogP contribution >= 0.6 is 0 Å². The standard InChI is InChI=1S/C24H36N2O4/c1-28-17-18-9-12-26(16-18)24(27)22-15-21(29-2)7-8-23(22)30-20-10-13-25(14-11-20)19-5-3-4-6-19/h7-8,15,18-20H,3-6,9-14,16-17H2,1-2H3/t18-/m0/s1. The quantitative estimate of drug-likeness (QED) is 0.680. The van der Waals surface area contributed by atoms with Gasteiger partial charge >= 0.3 is 0 Å². The number of methoxy groups -OCH3 is 2. The fourth-order valence-corrected chi connectivity index (χ4v) is 5.27. The summed E-state index contributed by atoms with van der Waals surface area (Å²) in [5, 5.41) is 0. The van der Waals surface area contributed by atoms with Gasteiger partial charge in [-0.2, -0.15) is 0 Å². The third-order valence-corrected chi connectivity index (χ3v) is 7.00. The number of benzene rings is 1. The van der Waals surface area contributed by atoms with Crippen molar-refractivity contribution in [2.45, 2.75) is 57.1 Å². The zero-order chi connectivity index (χ0) is 20.9. The summed E-state index contributed by atoms with van der Waals surface area (Å²) in [5.41, 5.74) is 0.616. The Kier molecular flexibility index (Phi) is 7.16. The average Bonchev–Trinajstić information content (AvgIpc) is 3.47. The normalized spacial score (nSPS) is 23.8. The highest BCUT2D eigenvalue weighted by Gasteiger charge is 2.31. The molecule has 1 atom stereocenters. The van der Waals surface area contributed by atoms with Crippen LogP contribution in [0, 0.1) is 5.92 Å². The Bertz CT molecular complexity index is 711. The molecule has 2 aliphatic heterocycles. The monoisotopic (exact) mass is 416 g/mol. The lowest BCUT2D eigenvalue weighted by Crippen LogP contribution is -2.43. The molecule has 1 aromatic carbocycles. The maximum atomic E-state index is 13.3. The van der Waals surface area contributed by atoms with Crippen molar-refractivity contribution in [3.05, 3.63) is 23.8 Å². The Morgan fingerprint density at radius 2 is 1.80 bits per heavy atom. The number of carbonyl (C=O) groups excluding carboxylic acids is 1. The van der Waals surface area contributed by atoms with Gasteiger partial charge in [-0.15, -0.1) is 0 Å². The Morgan fingerprint density at radius 3 is 2.50 bits per heavy atom. The van der Waals surface area contributed by atoms with E-state index in [1.165, 1.54) is 25.7 Å². The highest BCUT2D eigenvalue weighted by Crippen LogP contribution is 2.31. The van der Waals surface area contributed by atoms with Gasteiger partial charge in [0.25, 0.3) is 5.91 Å². The number of nitrogens with zero attached hydrogens (tertiary/aromatic N) is 2. The molecule has 6 nitrogen and oxygen atoms in total. The van der Waals surface area contributed by atoms with E-state index in [9.17, 15) is 4.79 Å². The van der Waals surface area contributed by atoms with Crippen LogP contribution in [0.5, 0.6) is 11.5 Å². The molecule has 1 amide bonds. The lowest BCUT2D eigenvalue weighted by molar-refractivity contribution is 0.0705. The van der Waals surface area contributed by atoms with Crippen molar-refractivity contribution in [2.75, 3.05) is 47.0 Å². The smallest absolute Gasteiger partial charge is 0.257 e. The molecule has 0 bridgehead atoms. The van der Waals surface area contributed by atoms with Crippen LogP contribution in [0.4, 0.5) is 0 Å². The van der Waals surface area contributed by atoms with Crippen LogP contribution < -0.4 is 9.47 Å². The van der Waals surface area contributed by atoms with Gasteiger partial charge < -0.3 is 24.0 Å². The Hall–Kier alpha value is -1.79. The molecule has 30 heavy (non-hydrogen) atoms. The summed E-state index contributed by atoms with van der Waals surface area (Å²) in [6, 6.07) is 6.39. The SMILES string of the molecule is COC[C@H]1CCN(C(=O)c2cc(OC)ccc2OC2CCN(C3CCCC3)CC2)C1. The summed E-state index contributed by atoms with van der Waals surface area (Å²) in [6.07, 6.45) is 8.65. The average molecular weight is 417 g/mol.